The number of carbonyl (C=O) groups excluding carboxylic acids is 1. The Morgan fingerprint density at radius 3 is 2.73 bits per heavy atom. The maximum absolute atomic E-state index is 11.3. The van der Waals surface area contributed by atoms with E-state index in [-0.39, 0.29) is 17.9 Å². The maximum atomic E-state index is 11.3. The van der Waals surface area contributed by atoms with Gasteiger partial charge in [0, 0.05) is 18.4 Å². The molecule has 1 saturated heterocycles. The van der Waals surface area contributed by atoms with E-state index in [0.29, 0.717) is 6.42 Å². The average molecular weight is 205 g/mol. The van der Waals surface area contributed by atoms with Gasteiger partial charge in [0.05, 0.1) is 7.11 Å². The summed E-state index contributed by atoms with van der Waals surface area (Å²) in [6, 6.07) is 8.07. The molecule has 1 N–H and O–H groups in total. The Balaban J connectivity index is 2.32. The molecule has 1 amide bonds. The molecule has 1 fully saturated rings. The summed E-state index contributed by atoms with van der Waals surface area (Å²) in [4.78, 5) is 11.3. The lowest BCUT2D eigenvalue weighted by Gasteiger charge is -2.17. The van der Waals surface area contributed by atoms with Crippen molar-refractivity contribution in [1.82, 2.24) is 5.32 Å². The van der Waals surface area contributed by atoms with Gasteiger partial charge in [-0.2, -0.15) is 0 Å². The van der Waals surface area contributed by atoms with E-state index >= 15 is 0 Å². The Morgan fingerprint density at radius 2 is 2.13 bits per heavy atom. The Labute approximate surface area is 89.4 Å². The molecule has 1 aromatic rings. The lowest BCUT2D eigenvalue weighted by atomic mass is 9.92. The van der Waals surface area contributed by atoms with Crippen LogP contribution in [0, 0.1) is 0 Å². The number of rotatable bonds is 2. The van der Waals surface area contributed by atoms with E-state index in [0.717, 1.165) is 11.3 Å². The van der Waals surface area contributed by atoms with Crippen LogP contribution in [0.15, 0.2) is 24.3 Å². The van der Waals surface area contributed by atoms with Crippen molar-refractivity contribution in [3.8, 4) is 5.75 Å². The van der Waals surface area contributed by atoms with Gasteiger partial charge in [-0.15, -0.1) is 0 Å². The van der Waals surface area contributed by atoms with Crippen LogP contribution in [0.1, 0.15) is 24.8 Å². The van der Waals surface area contributed by atoms with Crippen molar-refractivity contribution in [3.63, 3.8) is 0 Å². The molecule has 0 spiro atoms. The van der Waals surface area contributed by atoms with E-state index in [1.165, 1.54) is 0 Å². The monoisotopic (exact) mass is 205 g/mol. The molecule has 0 saturated carbocycles. The fraction of sp³-hybridized carbons (Fsp3) is 0.417. The number of benzene rings is 1. The van der Waals surface area contributed by atoms with Crippen LogP contribution in [-0.4, -0.2) is 19.1 Å². The van der Waals surface area contributed by atoms with E-state index in [4.69, 9.17) is 4.74 Å². The number of hydrogen-bond donors (Lipinski definition) is 1. The van der Waals surface area contributed by atoms with Crippen LogP contribution in [0.5, 0.6) is 5.75 Å². The third-order valence-corrected chi connectivity index (χ3v) is 2.94. The quantitative estimate of drug-likeness (QED) is 0.797. The first-order valence-corrected chi connectivity index (χ1v) is 5.14. The summed E-state index contributed by atoms with van der Waals surface area (Å²) >= 11 is 0. The van der Waals surface area contributed by atoms with Gasteiger partial charge in [0.2, 0.25) is 5.91 Å². The van der Waals surface area contributed by atoms with Gasteiger partial charge in [-0.25, -0.2) is 0 Å². The standard InChI is InChI=1S/C12H15NO2/c1-8-10(7-12(14)13-8)9-5-3-4-6-11(9)15-2/h3-6,8,10H,7H2,1-2H3,(H,13,14). The van der Waals surface area contributed by atoms with Crippen LogP contribution in [0.4, 0.5) is 0 Å². The zero-order valence-electron chi connectivity index (χ0n) is 8.99. The second kappa shape index (κ2) is 3.93. The summed E-state index contributed by atoms with van der Waals surface area (Å²) in [6.07, 6.45) is 0.557. The van der Waals surface area contributed by atoms with E-state index in [1.54, 1.807) is 7.11 Å². The first-order valence-electron chi connectivity index (χ1n) is 5.14. The highest BCUT2D eigenvalue weighted by Gasteiger charge is 2.31. The first kappa shape index (κ1) is 10.0. The number of para-hydroxylation sites is 1. The first-order chi connectivity index (χ1) is 7.22. The van der Waals surface area contributed by atoms with Gasteiger partial charge in [-0.05, 0) is 18.6 Å². The molecule has 3 heteroatoms. The molecule has 0 bridgehead atoms. The molecule has 3 nitrogen and oxygen atoms in total. The number of nitrogens with one attached hydrogen (secondary N) is 1. The summed E-state index contributed by atoms with van der Waals surface area (Å²) in [7, 11) is 1.66. The summed E-state index contributed by atoms with van der Waals surface area (Å²) in [5, 5.41) is 2.92. The highest BCUT2D eigenvalue weighted by Crippen LogP contribution is 2.34. The van der Waals surface area contributed by atoms with Crippen LogP contribution in [0.3, 0.4) is 0 Å². The zero-order chi connectivity index (χ0) is 10.8. The third kappa shape index (κ3) is 1.82. The second-order valence-corrected chi connectivity index (χ2v) is 3.91. The Hall–Kier alpha value is -1.51. The molecule has 80 valence electrons. The summed E-state index contributed by atoms with van der Waals surface area (Å²) < 4.78 is 5.30. The fourth-order valence-corrected chi connectivity index (χ4v) is 2.14. The molecule has 15 heavy (non-hydrogen) atoms. The van der Waals surface area contributed by atoms with E-state index in [9.17, 15) is 4.79 Å². The molecule has 2 rings (SSSR count). The van der Waals surface area contributed by atoms with Crippen molar-refractivity contribution in [1.29, 1.82) is 0 Å². The molecule has 1 aromatic carbocycles. The van der Waals surface area contributed by atoms with Crippen molar-refractivity contribution >= 4 is 5.91 Å². The highest BCUT2D eigenvalue weighted by atomic mass is 16.5. The SMILES string of the molecule is COc1ccccc1C1CC(=O)NC1C. The molecule has 1 heterocycles. The topological polar surface area (TPSA) is 38.3 Å². The predicted octanol–water partition coefficient (Wildman–Crippen LogP) is 1.69. The molecular formula is C12H15NO2. The average Bonchev–Trinajstić information content (AvgIpc) is 2.57. The van der Waals surface area contributed by atoms with Crippen LogP contribution in [0.25, 0.3) is 0 Å². The molecular weight excluding hydrogens is 190 g/mol. The highest BCUT2D eigenvalue weighted by molar-refractivity contribution is 5.80. The second-order valence-electron chi connectivity index (χ2n) is 3.91. The largest absolute Gasteiger partial charge is 0.496 e. The van der Waals surface area contributed by atoms with Gasteiger partial charge < -0.3 is 10.1 Å². The Bertz CT molecular complexity index is 376. The molecule has 0 aromatic heterocycles. The molecule has 1 aliphatic rings. The third-order valence-electron chi connectivity index (χ3n) is 2.94. The van der Waals surface area contributed by atoms with E-state index in [2.05, 4.69) is 5.32 Å². The van der Waals surface area contributed by atoms with Gasteiger partial charge in [-0.1, -0.05) is 18.2 Å². The van der Waals surface area contributed by atoms with Gasteiger partial charge in [0.15, 0.2) is 0 Å². The molecule has 1 aliphatic heterocycles. The van der Waals surface area contributed by atoms with Crippen LogP contribution >= 0.6 is 0 Å². The molecule has 2 atom stereocenters. The van der Waals surface area contributed by atoms with Crippen molar-refractivity contribution in [2.24, 2.45) is 0 Å². The summed E-state index contributed by atoms with van der Waals surface area (Å²) in [6.45, 7) is 2.03. The number of carbonyl (C=O) groups is 1. The van der Waals surface area contributed by atoms with Crippen LogP contribution in [0.2, 0.25) is 0 Å². The number of hydrogen-bond acceptors (Lipinski definition) is 2. The minimum Gasteiger partial charge on any atom is -0.496 e. The lowest BCUT2D eigenvalue weighted by molar-refractivity contribution is -0.119. The van der Waals surface area contributed by atoms with E-state index in [1.807, 2.05) is 31.2 Å². The van der Waals surface area contributed by atoms with Crippen molar-refractivity contribution in [2.75, 3.05) is 7.11 Å². The number of ether oxygens (including phenoxy) is 1. The van der Waals surface area contributed by atoms with E-state index < -0.39 is 0 Å². The van der Waals surface area contributed by atoms with Gasteiger partial charge in [0.1, 0.15) is 5.75 Å². The van der Waals surface area contributed by atoms with Crippen molar-refractivity contribution in [2.45, 2.75) is 25.3 Å². The van der Waals surface area contributed by atoms with Gasteiger partial charge >= 0.3 is 0 Å². The minimum absolute atomic E-state index is 0.124. The Morgan fingerprint density at radius 1 is 1.40 bits per heavy atom. The number of methoxy groups -OCH3 is 1. The normalized spacial score (nSPS) is 25.1. The zero-order valence-corrected chi connectivity index (χ0v) is 8.99. The lowest BCUT2D eigenvalue weighted by Crippen LogP contribution is -2.24. The maximum Gasteiger partial charge on any atom is 0.220 e. The predicted molar refractivity (Wildman–Crippen MR) is 58.0 cm³/mol. The fourth-order valence-electron chi connectivity index (χ4n) is 2.14. The minimum atomic E-state index is 0.124. The van der Waals surface area contributed by atoms with Crippen molar-refractivity contribution < 1.29 is 9.53 Å². The molecule has 0 aliphatic carbocycles. The Kier molecular flexibility index (Phi) is 2.62. The van der Waals surface area contributed by atoms with Gasteiger partial charge in [0.25, 0.3) is 0 Å². The number of amides is 1. The summed E-state index contributed by atoms with van der Waals surface area (Å²) in [5.74, 6) is 1.22. The van der Waals surface area contributed by atoms with Crippen LogP contribution in [-0.2, 0) is 4.79 Å². The van der Waals surface area contributed by atoms with Crippen LogP contribution < -0.4 is 10.1 Å². The smallest absolute Gasteiger partial charge is 0.220 e. The molecule has 0 radical (unpaired) electrons. The van der Waals surface area contributed by atoms with Gasteiger partial charge in [-0.3, -0.25) is 4.79 Å². The summed E-state index contributed by atoms with van der Waals surface area (Å²) in [5.41, 5.74) is 1.12. The molecule has 2 unspecified atom stereocenters. The van der Waals surface area contributed by atoms with Crippen molar-refractivity contribution in [3.05, 3.63) is 29.8 Å².